The Balaban J connectivity index is 1.46. The van der Waals surface area contributed by atoms with E-state index in [2.05, 4.69) is 0 Å². The molecule has 0 spiro atoms. The lowest BCUT2D eigenvalue weighted by molar-refractivity contribution is -0.138. The van der Waals surface area contributed by atoms with Gasteiger partial charge in [-0.25, -0.2) is 4.79 Å². The van der Waals surface area contributed by atoms with Crippen LogP contribution in [-0.2, 0) is 22.3 Å². The number of likely N-dealkylation sites (N-methyl/N-ethyl adjacent to an activating group) is 1. The zero-order valence-corrected chi connectivity index (χ0v) is 18.2. The molecule has 1 amide bonds. The first-order valence-corrected chi connectivity index (χ1v) is 11.1. The van der Waals surface area contributed by atoms with Crippen molar-refractivity contribution >= 4 is 11.9 Å². The third kappa shape index (κ3) is 5.81. The van der Waals surface area contributed by atoms with Crippen molar-refractivity contribution in [2.24, 2.45) is 17.6 Å². The molecule has 0 saturated heterocycles. The second-order valence-corrected chi connectivity index (χ2v) is 9.03. The van der Waals surface area contributed by atoms with Crippen LogP contribution in [0.1, 0.15) is 66.4 Å². The fourth-order valence-corrected chi connectivity index (χ4v) is 4.52. The van der Waals surface area contributed by atoms with Gasteiger partial charge in [0, 0.05) is 19.7 Å². The van der Waals surface area contributed by atoms with Gasteiger partial charge < -0.3 is 20.5 Å². The number of carbonyl (C=O) groups excluding carboxylic acids is 1. The molecular formula is C23H31F3N2O4. The molecule has 1 aromatic rings. The van der Waals surface area contributed by atoms with Crippen molar-refractivity contribution in [3.8, 4) is 0 Å². The molecule has 6 nitrogen and oxygen atoms in total. The number of carboxylic acids is 1. The Morgan fingerprint density at radius 2 is 1.84 bits per heavy atom. The Morgan fingerprint density at radius 1 is 1.19 bits per heavy atom. The van der Waals surface area contributed by atoms with E-state index in [9.17, 15) is 27.9 Å². The van der Waals surface area contributed by atoms with Gasteiger partial charge in [0.05, 0.1) is 23.8 Å². The summed E-state index contributed by atoms with van der Waals surface area (Å²) in [4.78, 5) is 25.8. The number of hydrogen-bond acceptors (Lipinski definition) is 4. The zero-order valence-electron chi connectivity index (χ0n) is 18.2. The highest BCUT2D eigenvalue weighted by Crippen LogP contribution is 2.33. The molecule has 1 atom stereocenters. The molecule has 2 fully saturated rings. The zero-order chi connectivity index (χ0) is 23.5. The van der Waals surface area contributed by atoms with E-state index < -0.39 is 29.3 Å². The van der Waals surface area contributed by atoms with Crippen LogP contribution < -0.4 is 5.73 Å². The van der Waals surface area contributed by atoms with Gasteiger partial charge in [0.2, 0.25) is 5.91 Å². The summed E-state index contributed by atoms with van der Waals surface area (Å²) in [7, 11) is 1.83. The molecular weight excluding hydrogens is 425 g/mol. The summed E-state index contributed by atoms with van der Waals surface area (Å²) in [5.41, 5.74) is 5.08. The van der Waals surface area contributed by atoms with Crippen LogP contribution in [0.5, 0.6) is 0 Å². The lowest BCUT2D eigenvalue weighted by atomic mass is 9.78. The maximum atomic E-state index is 12.8. The minimum atomic E-state index is -4.60. The van der Waals surface area contributed by atoms with Crippen LogP contribution in [0.4, 0.5) is 13.2 Å². The average Bonchev–Trinajstić information content (AvgIpc) is 2.71. The molecule has 0 aliphatic heterocycles. The number of hydrogen-bond donors (Lipinski definition) is 2. The Bertz CT molecular complexity index is 818. The summed E-state index contributed by atoms with van der Waals surface area (Å²) >= 11 is 0. The van der Waals surface area contributed by atoms with Crippen molar-refractivity contribution in [3.63, 3.8) is 0 Å². The molecule has 1 aromatic carbocycles. The number of benzene rings is 1. The Labute approximate surface area is 185 Å². The Morgan fingerprint density at radius 3 is 2.38 bits per heavy atom. The molecule has 0 unspecified atom stereocenters. The SMILES string of the molecule is CN(C(=O)[C@@H](N)C1CCC(COCc2ccc(C(F)(F)F)cc2C(=O)O)CC1)C1CCC1. The van der Waals surface area contributed by atoms with Crippen LogP contribution in [-0.4, -0.2) is 47.6 Å². The fraction of sp³-hybridized carbons (Fsp3) is 0.652. The van der Waals surface area contributed by atoms with Gasteiger partial charge in [-0.15, -0.1) is 0 Å². The van der Waals surface area contributed by atoms with Crippen LogP contribution in [0.25, 0.3) is 0 Å². The van der Waals surface area contributed by atoms with Gasteiger partial charge >= 0.3 is 12.1 Å². The van der Waals surface area contributed by atoms with Crippen molar-refractivity contribution in [3.05, 3.63) is 34.9 Å². The van der Waals surface area contributed by atoms with Gasteiger partial charge in [0.1, 0.15) is 0 Å². The Hall–Kier alpha value is -2.13. The van der Waals surface area contributed by atoms with E-state index in [1.165, 1.54) is 0 Å². The monoisotopic (exact) mass is 456 g/mol. The molecule has 2 aliphatic rings. The normalized spacial score (nSPS) is 22.8. The van der Waals surface area contributed by atoms with Crippen LogP contribution in [0.2, 0.25) is 0 Å². The number of aromatic carboxylic acids is 1. The number of ether oxygens (including phenoxy) is 1. The van der Waals surface area contributed by atoms with Crippen LogP contribution in [0.15, 0.2) is 18.2 Å². The number of halogens is 3. The molecule has 3 N–H and O–H groups in total. The molecule has 2 saturated carbocycles. The van der Waals surface area contributed by atoms with E-state index in [1.807, 2.05) is 7.05 Å². The van der Waals surface area contributed by atoms with Gasteiger partial charge in [-0.2, -0.15) is 13.2 Å². The number of carboxylic acid groups (broad SMARTS) is 1. The second kappa shape index (κ2) is 10.2. The number of alkyl halides is 3. The number of nitrogens with two attached hydrogens (primary N) is 1. The van der Waals surface area contributed by atoms with Gasteiger partial charge in [0.15, 0.2) is 0 Å². The molecule has 0 heterocycles. The standard InChI is InChI=1S/C23H31F3N2O4/c1-28(18-3-2-4-18)21(29)20(27)15-7-5-14(6-8-15)12-32-13-16-9-10-17(23(24,25)26)11-19(16)22(30)31/h9-11,14-15,18,20H,2-8,12-13,27H2,1H3,(H,30,31)/t14?,15?,20-/m0/s1. The minimum Gasteiger partial charge on any atom is -0.478 e. The first-order chi connectivity index (χ1) is 15.1. The summed E-state index contributed by atoms with van der Waals surface area (Å²) in [5.74, 6) is -1.02. The molecule has 0 bridgehead atoms. The predicted octanol–water partition coefficient (Wildman–Crippen LogP) is 4.06. The quantitative estimate of drug-likeness (QED) is 0.615. The van der Waals surface area contributed by atoms with Gasteiger partial charge in [-0.3, -0.25) is 4.79 Å². The number of carbonyl (C=O) groups is 2. The van der Waals surface area contributed by atoms with E-state index >= 15 is 0 Å². The van der Waals surface area contributed by atoms with Crippen molar-refractivity contribution in [2.75, 3.05) is 13.7 Å². The molecule has 0 aromatic heterocycles. The fourth-order valence-electron chi connectivity index (χ4n) is 4.52. The molecule has 178 valence electrons. The number of nitrogens with zero attached hydrogens (tertiary/aromatic N) is 1. The molecule has 3 rings (SSSR count). The van der Waals surface area contributed by atoms with Crippen molar-refractivity contribution in [1.82, 2.24) is 4.90 Å². The summed E-state index contributed by atoms with van der Waals surface area (Å²) < 4.78 is 44.2. The maximum Gasteiger partial charge on any atom is 0.416 e. The van der Waals surface area contributed by atoms with Crippen LogP contribution >= 0.6 is 0 Å². The molecule has 32 heavy (non-hydrogen) atoms. The van der Waals surface area contributed by atoms with E-state index in [1.54, 1.807) is 4.90 Å². The first-order valence-electron chi connectivity index (χ1n) is 11.1. The highest BCUT2D eigenvalue weighted by molar-refractivity contribution is 5.89. The summed E-state index contributed by atoms with van der Waals surface area (Å²) in [6.45, 7) is 0.321. The summed E-state index contributed by atoms with van der Waals surface area (Å²) in [6.07, 6.45) is 1.97. The molecule has 9 heteroatoms. The first kappa shape index (κ1) is 24.5. The lowest BCUT2D eigenvalue weighted by Gasteiger charge is -2.38. The minimum absolute atomic E-state index is 0.0119. The van der Waals surface area contributed by atoms with Crippen LogP contribution in [0.3, 0.4) is 0 Å². The van der Waals surface area contributed by atoms with E-state index in [0.717, 1.165) is 57.1 Å². The van der Waals surface area contributed by atoms with Gasteiger partial charge in [0.25, 0.3) is 0 Å². The molecule has 2 aliphatic carbocycles. The van der Waals surface area contributed by atoms with E-state index in [4.69, 9.17) is 10.5 Å². The smallest absolute Gasteiger partial charge is 0.416 e. The lowest BCUT2D eigenvalue weighted by Crippen LogP contribution is -2.52. The summed E-state index contributed by atoms with van der Waals surface area (Å²) in [6, 6.07) is 2.50. The average molecular weight is 457 g/mol. The highest BCUT2D eigenvalue weighted by Gasteiger charge is 2.35. The van der Waals surface area contributed by atoms with E-state index in [-0.39, 0.29) is 29.9 Å². The predicted molar refractivity (Wildman–Crippen MR) is 112 cm³/mol. The number of amides is 1. The molecule has 0 radical (unpaired) electrons. The van der Waals surface area contributed by atoms with Gasteiger partial charge in [-0.05, 0) is 74.5 Å². The topological polar surface area (TPSA) is 92.9 Å². The second-order valence-electron chi connectivity index (χ2n) is 9.03. The van der Waals surface area contributed by atoms with Crippen LogP contribution in [0, 0.1) is 11.8 Å². The van der Waals surface area contributed by atoms with Crippen molar-refractivity contribution in [2.45, 2.75) is 69.8 Å². The maximum absolute atomic E-state index is 12.8. The van der Waals surface area contributed by atoms with Crippen molar-refractivity contribution < 1.29 is 32.6 Å². The van der Waals surface area contributed by atoms with E-state index in [0.29, 0.717) is 18.7 Å². The Kier molecular flexibility index (Phi) is 7.82. The third-order valence-electron chi connectivity index (χ3n) is 6.93. The summed E-state index contributed by atoms with van der Waals surface area (Å²) in [5, 5.41) is 9.26. The van der Waals surface area contributed by atoms with Crippen molar-refractivity contribution in [1.29, 1.82) is 0 Å². The number of rotatable bonds is 8. The van der Waals surface area contributed by atoms with Gasteiger partial charge in [-0.1, -0.05) is 6.07 Å². The highest BCUT2D eigenvalue weighted by atomic mass is 19.4. The largest absolute Gasteiger partial charge is 0.478 e. The third-order valence-corrected chi connectivity index (χ3v) is 6.93.